The minimum atomic E-state index is -0.0292. The number of carbonyl (C=O) groups is 1. The lowest BCUT2D eigenvalue weighted by Crippen LogP contribution is -2.38. The molecule has 0 bridgehead atoms. The molecular weight excluding hydrogens is 252 g/mol. The molecule has 1 aromatic carbocycles. The normalized spacial score (nSPS) is 18.3. The summed E-state index contributed by atoms with van der Waals surface area (Å²) in [4.78, 5) is 15.8. The number of rotatable bonds is 2. The Labute approximate surface area is 118 Å². The molecule has 1 aliphatic rings. The van der Waals surface area contributed by atoms with Crippen LogP contribution in [0.2, 0.25) is 0 Å². The van der Waals surface area contributed by atoms with E-state index < -0.39 is 0 Å². The van der Waals surface area contributed by atoms with Gasteiger partial charge in [0.15, 0.2) is 5.78 Å². The monoisotopic (exact) mass is 271 g/mol. The van der Waals surface area contributed by atoms with E-state index in [1.165, 1.54) is 0 Å². The lowest BCUT2D eigenvalue weighted by molar-refractivity contribution is -0.699. The van der Waals surface area contributed by atoms with E-state index in [0.29, 0.717) is 13.2 Å². The number of nitrogens with one attached hydrogen (secondary N) is 1. The Morgan fingerprint density at radius 2 is 2.25 bits per heavy atom. The Morgan fingerprint density at radius 1 is 1.40 bits per heavy atom. The highest BCUT2D eigenvalue weighted by Gasteiger charge is 2.29. The van der Waals surface area contributed by atoms with Crippen molar-refractivity contribution in [3.63, 3.8) is 0 Å². The fourth-order valence-electron chi connectivity index (χ4n) is 2.87. The summed E-state index contributed by atoms with van der Waals surface area (Å²) >= 11 is 0. The number of carbonyl (C=O) groups excluding carboxylic acids is 1. The third-order valence-corrected chi connectivity index (χ3v) is 3.82. The fraction of sp³-hybridized carbons (Fsp3) is 0.375. The SMILES string of the molecule is Cc1cc(C)c2c(c1)OCCC(C[n+]1cc[nH]c1)C2=O. The van der Waals surface area contributed by atoms with Gasteiger partial charge in [0, 0.05) is 0 Å². The van der Waals surface area contributed by atoms with Crippen LogP contribution in [0.4, 0.5) is 0 Å². The van der Waals surface area contributed by atoms with Crippen molar-refractivity contribution in [2.24, 2.45) is 5.92 Å². The van der Waals surface area contributed by atoms with Gasteiger partial charge in [-0.15, -0.1) is 0 Å². The van der Waals surface area contributed by atoms with Crippen molar-refractivity contribution in [3.05, 3.63) is 47.5 Å². The number of Topliss-reactive ketones (excluding diaryl/α,β-unsaturated/α-hetero) is 1. The number of nitrogens with zero attached hydrogens (tertiary/aromatic N) is 1. The van der Waals surface area contributed by atoms with Gasteiger partial charge in [-0.1, -0.05) is 6.07 Å². The molecular formula is C16H19N2O2+. The Morgan fingerprint density at radius 3 is 3.00 bits per heavy atom. The zero-order valence-corrected chi connectivity index (χ0v) is 11.8. The Balaban J connectivity index is 1.95. The molecule has 0 saturated heterocycles. The molecule has 104 valence electrons. The molecule has 3 rings (SSSR count). The van der Waals surface area contributed by atoms with Gasteiger partial charge in [-0.3, -0.25) is 9.78 Å². The predicted molar refractivity (Wildman–Crippen MR) is 74.8 cm³/mol. The molecule has 0 saturated carbocycles. The third-order valence-electron chi connectivity index (χ3n) is 3.82. The van der Waals surface area contributed by atoms with Crippen LogP contribution < -0.4 is 9.30 Å². The van der Waals surface area contributed by atoms with Gasteiger partial charge in [0.1, 0.15) is 24.7 Å². The molecule has 0 aliphatic carbocycles. The lowest BCUT2D eigenvalue weighted by atomic mass is 9.91. The van der Waals surface area contributed by atoms with Crippen molar-refractivity contribution in [2.45, 2.75) is 26.8 Å². The molecule has 1 aromatic heterocycles. The van der Waals surface area contributed by atoms with E-state index in [9.17, 15) is 4.79 Å². The first-order chi connectivity index (χ1) is 9.65. The highest BCUT2D eigenvalue weighted by atomic mass is 16.5. The molecule has 0 fully saturated rings. The smallest absolute Gasteiger partial charge is 0.241 e. The average molecular weight is 271 g/mol. The largest absolute Gasteiger partial charge is 0.493 e. The number of H-pyrrole nitrogens is 1. The van der Waals surface area contributed by atoms with Gasteiger partial charge in [-0.2, -0.15) is 0 Å². The molecule has 1 unspecified atom stereocenters. The van der Waals surface area contributed by atoms with Gasteiger partial charge in [0.05, 0.1) is 18.1 Å². The highest BCUT2D eigenvalue weighted by molar-refractivity contribution is 6.01. The average Bonchev–Trinajstić information content (AvgIpc) is 2.83. The molecule has 20 heavy (non-hydrogen) atoms. The van der Waals surface area contributed by atoms with Crippen molar-refractivity contribution in [1.82, 2.24) is 4.98 Å². The number of hydrogen-bond donors (Lipinski definition) is 1. The van der Waals surface area contributed by atoms with Gasteiger partial charge in [0.25, 0.3) is 0 Å². The maximum absolute atomic E-state index is 12.8. The van der Waals surface area contributed by atoms with Crippen molar-refractivity contribution in [2.75, 3.05) is 6.61 Å². The predicted octanol–water partition coefficient (Wildman–Crippen LogP) is 2.20. The van der Waals surface area contributed by atoms with E-state index in [2.05, 4.69) is 4.98 Å². The van der Waals surface area contributed by atoms with E-state index in [1.54, 1.807) is 0 Å². The standard InChI is InChI=1S/C16H18N2O2/c1-11-7-12(2)15-14(8-11)20-6-3-13(16(15)19)9-18-5-4-17-10-18/h4-5,7-8,10,13H,3,6,9H2,1-2H3/p+1. The molecule has 0 spiro atoms. The van der Waals surface area contributed by atoms with E-state index in [0.717, 1.165) is 28.9 Å². The van der Waals surface area contributed by atoms with Crippen LogP contribution in [0.3, 0.4) is 0 Å². The molecule has 0 amide bonds. The number of ketones is 1. The maximum Gasteiger partial charge on any atom is 0.241 e. The lowest BCUT2D eigenvalue weighted by Gasteiger charge is -2.12. The van der Waals surface area contributed by atoms with Crippen LogP contribution in [0.5, 0.6) is 5.75 Å². The summed E-state index contributed by atoms with van der Waals surface area (Å²) in [6.07, 6.45) is 6.44. The molecule has 1 aliphatic heterocycles. The number of aromatic nitrogens is 2. The minimum Gasteiger partial charge on any atom is -0.493 e. The Kier molecular flexibility index (Phi) is 3.30. The van der Waals surface area contributed by atoms with E-state index in [-0.39, 0.29) is 11.7 Å². The number of benzene rings is 1. The van der Waals surface area contributed by atoms with E-state index in [4.69, 9.17) is 4.74 Å². The second-order valence-electron chi connectivity index (χ2n) is 5.46. The number of hydrogen-bond acceptors (Lipinski definition) is 2. The summed E-state index contributed by atoms with van der Waals surface area (Å²) in [5, 5.41) is 0. The number of imidazole rings is 1. The van der Waals surface area contributed by atoms with Crippen molar-refractivity contribution in [3.8, 4) is 5.75 Å². The first-order valence-corrected chi connectivity index (χ1v) is 6.95. The molecule has 4 nitrogen and oxygen atoms in total. The summed E-state index contributed by atoms with van der Waals surface area (Å²) in [7, 11) is 0. The molecule has 4 heteroatoms. The maximum atomic E-state index is 12.8. The van der Waals surface area contributed by atoms with E-state index >= 15 is 0 Å². The van der Waals surface area contributed by atoms with Gasteiger partial charge in [-0.05, 0) is 37.5 Å². The van der Waals surface area contributed by atoms with Gasteiger partial charge >= 0.3 is 0 Å². The Bertz CT molecular complexity index is 632. The van der Waals surface area contributed by atoms with E-state index in [1.807, 2.05) is 49.3 Å². The minimum absolute atomic E-state index is 0.0292. The summed E-state index contributed by atoms with van der Waals surface area (Å²) in [6, 6.07) is 4.01. The zero-order chi connectivity index (χ0) is 14.1. The fourth-order valence-corrected chi connectivity index (χ4v) is 2.87. The second kappa shape index (κ2) is 5.12. The summed E-state index contributed by atoms with van der Waals surface area (Å²) in [6.45, 7) is 5.30. The Hall–Kier alpha value is -2.10. The summed E-state index contributed by atoms with van der Waals surface area (Å²) in [5.41, 5.74) is 2.90. The number of aryl methyl sites for hydroxylation is 2. The molecule has 2 aromatic rings. The van der Waals surface area contributed by atoms with Gasteiger partial charge in [-0.25, -0.2) is 4.57 Å². The van der Waals surface area contributed by atoms with Crippen LogP contribution in [-0.4, -0.2) is 17.4 Å². The van der Waals surface area contributed by atoms with Crippen molar-refractivity contribution < 1.29 is 14.1 Å². The van der Waals surface area contributed by atoms with Gasteiger partial charge < -0.3 is 4.74 Å². The summed E-state index contributed by atoms with van der Waals surface area (Å²) < 4.78 is 7.80. The first kappa shape index (κ1) is 12.9. The highest BCUT2D eigenvalue weighted by Crippen LogP contribution is 2.31. The van der Waals surface area contributed by atoms with Crippen molar-refractivity contribution >= 4 is 5.78 Å². The molecule has 1 atom stereocenters. The number of aromatic amines is 1. The molecule has 2 heterocycles. The van der Waals surface area contributed by atoms with Crippen LogP contribution in [0.1, 0.15) is 27.9 Å². The van der Waals surface area contributed by atoms with Crippen LogP contribution >= 0.6 is 0 Å². The van der Waals surface area contributed by atoms with Crippen LogP contribution in [-0.2, 0) is 6.54 Å². The second-order valence-corrected chi connectivity index (χ2v) is 5.46. The quantitative estimate of drug-likeness (QED) is 0.851. The first-order valence-electron chi connectivity index (χ1n) is 6.95. The van der Waals surface area contributed by atoms with Crippen LogP contribution in [0.25, 0.3) is 0 Å². The van der Waals surface area contributed by atoms with Gasteiger partial charge in [0.2, 0.25) is 6.33 Å². The van der Waals surface area contributed by atoms with Crippen LogP contribution in [0, 0.1) is 19.8 Å². The van der Waals surface area contributed by atoms with Crippen molar-refractivity contribution in [1.29, 1.82) is 0 Å². The third kappa shape index (κ3) is 2.33. The molecule has 0 radical (unpaired) electrons. The number of fused-ring (bicyclic) bond motifs is 1. The summed E-state index contributed by atoms with van der Waals surface area (Å²) in [5.74, 6) is 0.913. The zero-order valence-electron chi connectivity index (χ0n) is 11.8. The topological polar surface area (TPSA) is 46.0 Å². The van der Waals surface area contributed by atoms with Crippen LogP contribution in [0.15, 0.2) is 30.9 Å². The molecule has 1 N–H and O–H groups in total. The number of ether oxygens (including phenoxy) is 1.